The zero-order chi connectivity index (χ0) is 13.9. The quantitative estimate of drug-likeness (QED) is 0.886. The highest BCUT2D eigenvalue weighted by Crippen LogP contribution is 2.37. The molecule has 2 rings (SSSR count). The molecular weight excluding hydrogens is 260 g/mol. The van der Waals surface area contributed by atoms with E-state index in [-0.39, 0.29) is 12.5 Å². The summed E-state index contributed by atoms with van der Waals surface area (Å²) in [6.45, 7) is 1.80. The largest absolute Gasteiger partial charge is 0.384 e. The molecule has 19 heavy (non-hydrogen) atoms. The van der Waals surface area contributed by atoms with Crippen molar-refractivity contribution in [3.8, 4) is 6.07 Å². The molecule has 0 bridgehead atoms. The van der Waals surface area contributed by atoms with Crippen LogP contribution in [0.5, 0.6) is 0 Å². The number of aliphatic hydroxyl groups is 1. The van der Waals surface area contributed by atoms with Crippen molar-refractivity contribution in [2.75, 3.05) is 6.54 Å². The van der Waals surface area contributed by atoms with Gasteiger partial charge in [0.1, 0.15) is 11.0 Å². The van der Waals surface area contributed by atoms with Crippen molar-refractivity contribution in [1.29, 1.82) is 5.26 Å². The standard InChI is InChI=1S/C14H18N2O2S/c1-13(18,11-4-7-19-8-11)10-16-12(17)14(9-15)5-2-3-6-14/h4,7-8,18H,2-3,5-6,10H2,1H3,(H,16,17)/t13-/m0/s1. The second kappa shape index (κ2) is 5.32. The van der Waals surface area contributed by atoms with Gasteiger partial charge in [-0.1, -0.05) is 12.8 Å². The molecule has 2 N–H and O–H groups in total. The first-order valence-electron chi connectivity index (χ1n) is 6.45. The maximum absolute atomic E-state index is 12.2. The van der Waals surface area contributed by atoms with Crippen LogP contribution in [-0.4, -0.2) is 17.6 Å². The van der Waals surface area contributed by atoms with Crippen LogP contribution in [0.15, 0.2) is 16.8 Å². The van der Waals surface area contributed by atoms with E-state index in [2.05, 4.69) is 11.4 Å². The van der Waals surface area contributed by atoms with Crippen LogP contribution in [0, 0.1) is 16.7 Å². The fourth-order valence-corrected chi connectivity index (χ4v) is 3.25. The summed E-state index contributed by atoms with van der Waals surface area (Å²) in [5, 5.41) is 26.1. The van der Waals surface area contributed by atoms with Crippen LogP contribution in [0.3, 0.4) is 0 Å². The van der Waals surface area contributed by atoms with Gasteiger partial charge in [0, 0.05) is 0 Å². The van der Waals surface area contributed by atoms with E-state index >= 15 is 0 Å². The maximum atomic E-state index is 12.2. The Morgan fingerprint density at radius 1 is 1.63 bits per heavy atom. The van der Waals surface area contributed by atoms with Gasteiger partial charge in [-0.25, -0.2) is 0 Å². The number of nitriles is 1. The number of hydrogen-bond acceptors (Lipinski definition) is 4. The number of amides is 1. The van der Waals surface area contributed by atoms with E-state index in [1.807, 2.05) is 16.8 Å². The second-order valence-corrected chi connectivity index (χ2v) is 6.15. The third-order valence-electron chi connectivity index (χ3n) is 3.84. The predicted molar refractivity (Wildman–Crippen MR) is 73.4 cm³/mol. The summed E-state index contributed by atoms with van der Waals surface area (Å²) in [7, 11) is 0. The molecule has 1 amide bonds. The topological polar surface area (TPSA) is 73.1 Å². The lowest BCUT2D eigenvalue weighted by molar-refractivity contribution is -0.129. The van der Waals surface area contributed by atoms with Crippen LogP contribution in [0.2, 0.25) is 0 Å². The van der Waals surface area contributed by atoms with Crippen LogP contribution in [0.4, 0.5) is 0 Å². The molecule has 1 aromatic heterocycles. The van der Waals surface area contributed by atoms with Gasteiger partial charge in [-0.2, -0.15) is 16.6 Å². The third kappa shape index (κ3) is 2.80. The lowest BCUT2D eigenvalue weighted by Crippen LogP contribution is -2.44. The van der Waals surface area contributed by atoms with Gasteiger partial charge in [0.25, 0.3) is 0 Å². The van der Waals surface area contributed by atoms with Gasteiger partial charge < -0.3 is 10.4 Å². The minimum atomic E-state index is -1.09. The highest BCUT2D eigenvalue weighted by atomic mass is 32.1. The number of thiophene rings is 1. The molecule has 1 heterocycles. The zero-order valence-electron chi connectivity index (χ0n) is 11.0. The number of nitrogens with zero attached hydrogens (tertiary/aromatic N) is 1. The maximum Gasteiger partial charge on any atom is 0.240 e. The van der Waals surface area contributed by atoms with Gasteiger partial charge in [0.05, 0.1) is 12.6 Å². The summed E-state index contributed by atoms with van der Waals surface area (Å²) in [5.74, 6) is -0.247. The predicted octanol–water partition coefficient (Wildman–Crippen LogP) is 2.16. The number of hydrogen-bond donors (Lipinski definition) is 2. The number of carbonyl (C=O) groups excluding carboxylic acids is 1. The first-order valence-corrected chi connectivity index (χ1v) is 7.39. The smallest absolute Gasteiger partial charge is 0.240 e. The average molecular weight is 278 g/mol. The Bertz CT molecular complexity index is 482. The van der Waals surface area contributed by atoms with E-state index in [1.165, 1.54) is 11.3 Å². The molecule has 1 aliphatic carbocycles. The fraction of sp³-hybridized carbons (Fsp3) is 0.571. The number of rotatable bonds is 4. The summed E-state index contributed by atoms with van der Waals surface area (Å²) in [5.41, 5.74) is -1.19. The normalized spacial score (nSPS) is 20.5. The van der Waals surface area contributed by atoms with Crippen molar-refractivity contribution in [2.45, 2.75) is 38.2 Å². The lowest BCUT2D eigenvalue weighted by Gasteiger charge is -2.26. The van der Waals surface area contributed by atoms with E-state index in [1.54, 1.807) is 6.92 Å². The molecular formula is C14H18N2O2S. The van der Waals surface area contributed by atoms with Crippen LogP contribution in [0.1, 0.15) is 38.2 Å². The van der Waals surface area contributed by atoms with E-state index in [9.17, 15) is 15.2 Å². The Kier molecular flexibility index (Phi) is 3.93. The zero-order valence-corrected chi connectivity index (χ0v) is 11.8. The SMILES string of the molecule is C[C@](O)(CNC(=O)C1(C#N)CCCC1)c1ccsc1. The van der Waals surface area contributed by atoms with Crippen molar-refractivity contribution < 1.29 is 9.90 Å². The van der Waals surface area contributed by atoms with Crippen molar-refractivity contribution in [3.05, 3.63) is 22.4 Å². The summed E-state index contributed by atoms with van der Waals surface area (Å²) in [6, 6.07) is 4.00. The monoisotopic (exact) mass is 278 g/mol. The summed E-state index contributed by atoms with van der Waals surface area (Å²) >= 11 is 1.50. The van der Waals surface area contributed by atoms with Gasteiger partial charge in [0.2, 0.25) is 5.91 Å². The molecule has 102 valence electrons. The van der Waals surface area contributed by atoms with E-state index in [0.717, 1.165) is 18.4 Å². The summed E-state index contributed by atoms with van der Waals surface area (Å²) in [4.78, 5) is 12.2. The molecule has 0 spiro atoms. The third-order valence-corrected chi connectivity index (χ3v) is 4.53. The van der Waals surface area contributed by atoms with E-state index in [0.29, 0.717) is 12.8 Å². The highest BCUT2D eigenvalue weighted by molar-refractivity contribution is 7.08. The van der Waals surface area contributed by atoms with Crippen molar-refractivity contribution in [3.63, 3.8) is 0 Å². The van der Waals surface area contributed by atoms with Crippen LogP contribution >= 0.6 is 11.3 Å². The highest BCUT2D eigenvalue weighted by Gasteiger charge is 2.42. The Hall–Kier alpha value is -1.38. The van der Waals surface area contributed by atoms with Crippen LogP contribution < -0.4 is 5.32 Å². The van der Waals surface area contributed by atoms with Crippen LogP contribution in [-0.2, 0) is 10.4 Å². The van der Waals surface area contributed by atoms with Gasteiger partial charge >= 0.3 is 0 Å². The molecule has 5 heteroatoms. The molecule has 4 nitrogen and oxygen atoms in total. The average Bonchev–Trinajstić information content (AvgIpc) is 3.07. The van der Waals surface area contributed by atoms with Gasteiger partial charge in [-0.05, 0) is 42.2 Å². The molecule has 1 saturated carbocycles. The minimum Gasteiger partial charge on any atom is -0.384 e. The van der Waals surface area contributed by atoms with Crippen LogP contribution in [0.25, 0.3) is 0 Å². The second-order valence-electron chi connectivity index (χ2n) is 5.37. The lowest BCUT2D eigenvalue weighted by atomic mass is 9.86. The number of carbonyl (C=O) groups is 1. The Labute approximate surface area is 117 Å². The van der Waals surface area contributed by atoms with Crippen molar-refractivity contribution in [1.82, 2.24) is 5.32 Å². The molecule has 1 aromatic rings. The minimum absolute atomic E-state index is 0.131. The molecule has 1 aliphatic rings. The first-order chi connectivity index (χ1) is 9.00. The van der Waals surface area contributed by atoms with Crippen molar-refractivity contribution in [2.24, 2.45) is 5.41 Å². The Morgan fingerprint density at radius 3 is 2.84 bits per heavy atom. The molecule has 1 atom stereocenters. The van der Waals surface area contributed by atoms with Crippen molar-refractivity contribution >= 4 is 17.2 Å². The molecule has 1 fully saturated rings. The van der Waals surface area contributed by atoms with E-state index < -0.39 is 11.0 Å². The Balaban J connectivity index is 1.99. The molecule has 0 aliphatic heterocycles. The van der Waals surface area contributed by atoms with Gasteiger partial charge in [-0.3, -0.25) is 4.79 Å². The molecule has 0 radical (unpaired) electrons. The van der Waals surface area contributed by atoms with Gasteiger partial charge in [0.15, 0.2) is 0 Å². The first kappa shape index (κ1) is 14.0. The number of nitrogens with one attached hydrogen (secondary N) is 1. The van der Waals surface area contributed by atoms with E-state index in [4.69, 9.17) is 0 Å². The molecule has 0 aromatic carbocycles. The summed E-state index contributed by atoms with van der Waals surface area (Å²) < 4.78 is 0. The van der Waals surface area contributed by atoms with Gasteiger partial charge in [-0.15, -0.1) is 0 Å². The fourth-order valence-electron chi connectivity index (χ4n) is 2.46. The molecule has 0 unspecified atom stereocenters. The Morgan fingerprint density at radius 2 is 2.32 bits per heavy atom. The molecule has 0 saturated heterocycles. The summed E-state index contributed by atoms with van der Waals surface area (Å²) in [6.07, 6.45) is 3.08.